The van der Waals surface area contributed by atoms with E-state index in [0.29, 0.717) is 18.1 Å². The molecule has 1 aromatic rings. The zero-order valence-electron chi connectivity index (χ0n) is 8.00. The summed E-state index contributed by atoms with van der Waals surface area (Å²) in [4.78, 5) is 15.2. The molecule has 1 heterocycles. The van der Waals surface area contributed by atoms with E-state index in [0.717, 1.165) is 5.56 Å². The minimum Gasteiger partial charge on any atom is -0.374 e. The van der Waals surface area contributed by atoms with E-state index in [1.807, 2.05) is 6.92 Å². The van der Waals surface area contributed by atoms with Gasteiger partial charge in [-0.2, -0.15) is 0 Å². The van der Waals surface area contributed by atoms with E-state index in [2.05, 4.69) is 4.98 Å². The number of hydrogen-bond acceptors (Lipinski definition) is 3. The van der Waals surface area contributed by atoms with E-state index in [1.54, 1.807) is 12.3 Å². The Morgan fingerprint density at radius 3 is 3.07 bits per heavy atom. The summed E-state index contributed by atoms with van der Waals surface area (Å²) in [6.07, 6.45) is 3.46. The second kappa shape index (κ2) is 5.73. The van der Waals surface area contributed by atoms with Crippen molar-refractivity contribution in [2.75, 3.05) is 13.2 Å². The lowest BCUT2D eigenvalue weighted by atomic mass is 10.1. The largest absolute Gasteiger partial charge is 0.374 e. The van der Waals surface area contributed by atoms with Crippen LogP contribution in [0.5, 0.6) is 0 Å². The van der Waals surface area contributed by atoms with Crippen LogP contribution in [0.15, 0.2) is 18.5 Å². The van der Waals surface area contributed by atoms with Gasteiger partial charge in [-0.3, -0.25) is 9.78 Å². The molecule has 14 heavy (non-hydrogen) atoms. The van der Waals surface area contributed by atoms with E-state index in [-0.39, 0.29) is 12.4 Å². The molecule has 0 spiro atoms. The van der Waals surface area contributed by atoms with Crippen LogP contribution in [0.3, 0.4) is 0 Å². The second-order valence-electron chi connectivity index (χ2n) is 2.82. The number of ether oxygens (including phenoxy) is 1. The molecule has 0 amide bonds. The van der Waals surface area contributed by atoms with E-state index in [1.165, 1.54) is 6.20 Å². The molecular formula is C10H12ClNO2. The van der Waals surface area contributed by atoms with Crippen molar-refractivity contribution in [2.45, 2.75) is 13.3 Å². The highest BCUT2D eigenvalue weighted by molar-refractivity contribution is 6.31. The third kappa shape index (κ3) is 3.44. The molecule has 0 fully saturated rings. The van der Waals surface area contributed by atoms with Crippen molar-refractivity contribution in [1.82, 2.24) is 4.98 Å². The van der Waals surface area contributed by atoms with Gasteiger partial charge in [0.1, 0.15) is 6.61 Å². The smallest absolute Gasteiger partial charge is 0.162 e. The molecule has 0 saturated carbocycles. The summed E-state index contributed by atoms with van der Waals surface area (Å²) in [7, 11) is 0. The van der Waals surface area contributed by atoms with Gasteiger partial charge in [-0.05, 0) is 18.6 Å². The zero-order chi connectivity index (χ0) is 10.4. The molecule has 76 valence electrons. The van der Waals surface area contributed by atoms with Gasteiger partial charge in [-0.1, -0.05) is 11.6 Å². The zero-order valence-corrected chi connectivity index (χ0v) is 8.75. The third-order valence-corrected chi connectivity index (χ3v) is 2.05. The Bertz CT molecular complexity index is 315. The van der Waals surface area contributed by atoms with Gasteiger partial charge in [0.15, 0.2) is 5.78 Å². The van der Waals surface area contributed by atoms with Gasteiger partial charge in [0.25, 0.3) is 0 Å². The summed E-state index contributed by atoms with van der Waals surface area (Å²) < 4.78 is 5.00. The van der Waals surface area contributed by atoms with E-state index < -0.39 is 0 Å². The quantitative estimate of drug-likeness (QED) is 0.750. The topological polar surface area (TPSA) is 39.2 Å². The van der Waals surface area contributed by atoms with Crippen LogP contribution in [-0.4, -0.2) is 24.0 Å². The van der Waals surface area contributed by atoms with Crippen molar-refractivity contribution in [3.05, 3.63) is 29.0 Å². The van der Waals surface area contributed by atoms with Crippen molar-refractivity contribution < 1.29 is 9.53 Å². The van der Waals surface area contributed by atoms with Gasteiger partial charge in [-0.25, -0.2) is 0 Å². The third-order valence-electron chi connectivity index (χ3n) is 1.71. The lowest BCUT2D eigenvalue weighted by molar-refractivity contribution is -0.122. The Kier molecular flexibility index (Phi) is 4.56. The van der Waals surface area contributed by atoms with E-state index in [9.17, 15) is 4.79 Å². The summed E-state index contributed by atoms with van der Waals surface area (Å²) in [5, 5.41) is 0.525. The minimum absolute atomic E-state index is 0.0277. The maximum Gasteiger partial charge on any atom is 0.162 e. The number of hydrogen-bond donors (Lipinski definition) is 0. The first-order valence-electron chi connectivity index (χ1n) is 4.42. The molecule has 1 aromatic heterocycles. The van der Waals surface area contributed by atoms with Crippen LogP contribution >= 0.6 is 11.6 Å². The molecule has 1 rings (SSSR count). The summed E-state index contributed by atoms with van der Waals surface area (Å²) in [5.41, 5.74) is 0.798. The standard InChI is InChI=1S/C10H12ClNO2/c1-2-14-7-9(13)5-8-3-4-12-6-10(8)11/h3-4,6H,2,5,7H2,1H3. The Labute approximate surface area is 88.1 Å². The Hall–Kier alpha value is -0.930. The van der Waals surface area contributed by atoms with Crippen molar-refractivity contribution in [3.8, 4) is 0 Å². The van der Waals surface area contributed by atoms with Crippen LogP contribution in [0.1, 0.15) is 12.5 Å². The molecular weight excluding hydrogens is 202 g/mol. The molecule has 0 aliphatic carbocycles. The highest BCUT2D eigenvalue weighted by Gasteiger charge is 2.06. The molecule has 0 atom stereocenters. The maximum atomic E-state index is 11.3. The molecule has 0 aliphatic heterocycles. The first kappa shape index (κ1) is 11.1. The predicted molar refractivity (Wildman–Crippen MR) is 54.5 cm³/mol. The number of Topliss-reactive ketones (excluding diaryl/α,β-unsaturated/α-hetero) is 1. The molecule has 0 aliphatic rings. The van der Waals surface area contributed by atoms with E-state index >= 15 is 0 Å². The normalized spacial score (nSPS) is 10.1. The minimum atomic E-state index is 0.0277. The van der Waals surface area contributed by atoms with Crippen LogP contribution in [0.2, 0.25) is 5.02 Å². The Morgan fingerprint density at radius 1 is 1.64 bits per heavy atom. The lowest BCUT2D eigenvalue weighted by Crippen LogP contribution is -2.11. The number of aromatic nitrogens is 1. The van der Waals surface area contributed by atoms with Gasteiger partial charge >= 0.3 is 0 Å². The average Bonchev–Trinajstić information content (AvgIpc) is 2.18. The Morgan fingerprint density at radius 2 is 2.43 bits per heavy atom. The fraction of sp³-hybridized carbons (Fsp3) is 0.400. The molecule has 0 aromatic carbocycles. The van der Waals surface area contributed by atoms with Crippen LogP contribution in [-0.2, 0) is 16.0 Å². The van der Waals surface area contributed by atoms with E-state index in [4.69, 9.17) is 16.3 Å². The van der Waals surface area contributed by atoms with Crippen molar-refractivity contribution in [1.29, 1.82) is 0 Å². The predicted octanol–water partition coefficient (Wildman–Crippen LogP) is 1.88. The van der Waals surface area contributed by atoms with Gasteiger partial charge in [0, 0.05) is 25.4 Å². The summed E-state index contributed by atoms with van der Waals surface area (Å²) in [6, 6.07) is 1.74. The highest BCUT2D eigenvalue weighted by Crippen LogP contribution is 2.13. The Balaban J connectivity index is 2.52. The van der Waals surface area contributed by atoms with Crippen LogP contribution in [0, 0.1) is 0 Å². The van der Waals surface area contributed by atoms with Crippen molar-refractivity contribution in [2.24, 2.45) is 0 Å². The van der Waals surface area contributed by atoms with Gasteiger partial charge < -0.3 is 4.74 Å². The average molecular weight is 214 g/mol. The van der Waals surface area contributed by atoms with Gasteiger partial charge in [0.2, 0.25) is 0 Å². The molecule has 0 unspecified atom stereocenters. The number of carbonyl (C=O) groups excluding carboxylic acids is 1. The molecule has 0 radical (unpaired) electrons. The van der Waals surface area contributed by atoms with Gasteiger partial charge in [-0.15, -0.1) is 0 Å². The molecule has 0 N–H and O–H groups in total. The maximum absolute atomic E-state index is 11.3. The van der Waals surface area contributed by atoms with Crippen LogP contribution in [0.4, 0.5) is 0 Å². The molecule has 0 bridgehead atoms. The van der Waals surface area contributed by atoms with Crippen molar-refractivity contribution >= 4 is 17.4 Å². The highest BCUT2D eigenvalue weighted by atomic mass is 35.5. The number of nitrogens with zero attached hydrogens (tertiary/aromatic N) is 1. The summed E-state index contributed by atoms with van der Waals surface area (Å²) >= 11 is 5.85. The fourth-order valence-corrected chi connectivity index (χ4v) is 1.21. The number of ketones is 1. The first-order valence-corrected chi connectivity index (χ1v) is 4.79. The number of rotatable bonds is 5. The second-order valence-corrected chi connectivity index (χ2v) is 3.23. The fourth-order valence-electron chi connectivity index (χ4n) is 1.03. The molecule has 0 saturated heterocycles. The van der Waals surface area contributed by atoms with Crippen LogP contribution in [0.25, 0.3) is 0 Å². The number of carbonyl (C=O) groups is 1. The summed E-state index contributed by atoms with van der Waals surface area (Å²) in [5.74, 6) is 0.0277. The summed E-state index contributed by atoms with van der Waals surface area (Å²) in [6.45, 7) is 2.55. The number of pyridine rings is 1. The van der Waals surface area contributed by atoms with Crippen molar-refractivity contribution in [3.63, 3.8) is 0 Å². The van der Waals surface area contributed by atoms with Gasteiger partial charge in [0.05, 0.1) is 5.02 Å². The van der Waals surface area contributed by atoms with Crippen LogP contribution < -0.4 is 0 Å². The monoisotopic (exact) mass is 213 g/mol. The molecule has 3 nitrogen and oxygen atoms in total. The lowest BCUT2D eigenvalue weighted by Gasteiger charge is -2.02. The first-order chi connectivity index (χ1) is 6.74. The number of halogens is 1. The molecule has 4 heteroatoms. The SMILES string of the molecule is CCOCC(=O)Cc1ccncc1Cl.